The Kier molecular flexibility index (Phi) is 3.61. The smallest absolute Gasteiger partial charge is 0.246 e. The number of carbonyl (C=O) groups excluding carboxylic acids is 2. The number of amides is 2. The molecule has 5 nitrogen and oxygen atoms in total. The van der Waals surface area contributed by atoms with Crippen molar-refractivity contribution in [2.24, 2.45) is 0 Å². The fraction of sp³-hybridized carbons (Fsp3) is 0.846. The van der Waals surface area contributed by atoms with Crippen LogP contribution in [0.15, 0.2) is 0 Å². The number of rotatable bonds is 3. The van der Waals surface area contributed by atoms with Gasteiger partial charge in [0.25, 0.3) is 0 Å². The number of piperazine rings is 1. The Labute approximate surface area is 108 Å². The van der Waals surface area contributed by atoms with Crippen LogP contribution in [-0.4, -0.2) is 48.1 Å². The zero-order chi connectivity index (χ0) is 13.3. The Bertz CT molecular complexity index is 350. The van der Waals surface area contributed by atoms with Gasteiger partial charge in [-0.05, 0) is 26.7 Å². The molecule has 0 aromatic carbocycles. The molecule has 0 bridgehead atoms. The van der Waals surface area contributed by atoms with Crippen LogP contribution in [0.5, 0.6) is 0 Å². The number of ether oxygens (including phenoxy) is 1. The molecular weight excluding hydrogens is 232 g/mol. The van der Waals surface area contributed by atoms with Gasteiger partial charge in [0, 0.05) is 13.7 Å². The van der Waals surface area contributed by atoms with E-state index in [4.69, 9.17) is 4.74 Å². The van der Waals surface area contributed by atoms with E-state index in [1.165, 1.54) is 0 Å². The topological polar surface area (TPSA) is 58.6 Å². The van der Waals surface area contributed by atoms with E-state index < -0.39 is 11.6 Å². The summed E-state index contributed by atoms with van der Waals surface area (Å²) in [6.07, 6.45) is 3.51. The van der Waals surface area contributed by atoms with Crippen molar-refractivity contribution >= 4 is 11.8 Å². The minimum Gasteiger partial charge on any atom is -0.380 e. The summed E-state index contributed by atoms with van der Waals surface area (Å²) in [7, 11) is 1.63. The molecule has 2 atom stereocenters. The van der Waals surface area contributed by atoms with Crippen molar-refractivity contribution in [3.63, 3.8) is 0 Å². The van der Waals surface area contributed by atoms with Crippen LogP contribution < -0.4 is 5.32 Å². The van der Waals surface area contributed by atoms with Gasteiger partial charge in [0.2, 0.25) is 11.8 Å². The molecule has 1 saturated heterocycles. The summed E-state index contributed by atoms with van der Waals surface area (Å²) in [5.41, 5.74) is -0.615. The maximum atomic E-state index is 12.3. The van der Waals surface area contributed by atoms with Crippen LogP contribution >= 0.6 is 0 Å². The van der Waals surface area contributed by atoms with E-state index in [-0.39, 0.29) is 17.9 Å². The molecule has 0 aromatic rings. The van der Waals surface area contributed by atoms with Crippen LogP contribution in [-0.2, 0) is 14.3 Å². The molecule has 18 heavy (non-hydrogen) atoms. The molecule has 1 saturated carbocycles. The SMILES string of the molecule is COC(C)CN1C(=O)C(C)NC(=O)C12CCCC2. The molecule has 1 aliphatic heterocycles. The Balaban J connectivity index is 2.27. The molecule has 1 aliphatic carbocycles. The third kappa shape index (κ3) is 2.00. The molecule has 2 aliphatic rings. The molecule has 2 fully saturated rings. The predicted octanol–water partition coefficient (Wildman–Crippen LogP) is 0.681. The maximum absolute atomic E-state index is 12.3. The average molecular weight is 254 g/mol. The molecule has 1 heterocycles. The zero-order valence-electron chi connectivity index (χ0n) is 11.4. The first-order valence-electron chi connectivity index (χ1n) is 6.66. The summed E-state index contributed by atoms with van der Waals surface area (Å²) in [5.74, 6) is 0.0239. The van der Waals surface area contributed by atoms with Gasteiger partial charge < -0.3 is 15.0 Å². The summed E-state index contributed by atoms with van der Waals surface area (Å²) in [6.45, 7) is 4.16. The van der Waals surface area contributed by atoms with Gasteiger partial charge in [0.15, 0.2) is 0 Å². The molecular formula is C13H22N2O3. The predicted molar refractivity (Wildman–Crippen MR) is 67.0 cm³/mol. The maximum Gasteiger partial charge on any atom is 0.246 e. The summed E-state index contributed by atoms with van der Waals surface area (Å²) in [5, 5.41) is 2.81. The van der Waals surface area contributed by atoms with Gasteiger partial charge >= 0.3 is 0 Å². The highest BCUT2D eigenvalue weighted by Gasteiger charge is 2.52. The number of hydrogen-bond acceptors (Lipinski definition) is 3. The van der Waals surface area contributed by atoms with Gasteiger partial charge in [0.05, 0.1) is 6.10 Å². The molecule has 0 radical (unpaired) electrons. The van der Waals surface area contributed by atoms with Gasteiger partial charge in [0.1, 0.15) is 11.6 Å². The monoisotopic (exact) mass is 254 g/mol. The lowest BCUT2D eigenvalue weighted by Gasteiger charge is -2.46. The lowest BCUT2D eigenvalue weighted by molar-refractivity contribution is -0.158. The van der Waals surface area contributed by atoms with Gasteiger partial charge in [-0.15, -0.1) is 0 Å². The summed E-state index contributed by atoms with van der Waals surface area (Å²) in [4.78, 5) is 26.4. The second-order valence-electron chi connectivity index (χ2n) is 5.43. The van der Waals surface area contributed by atoms with E-state index >= 15 is 0 Å². The van der Waals surface area contributed by atoms with E-state index in [0.717, 1.165) is 25.7 Å². The Morgan fingerprint density at radius 3 is 2.61 bits per heavy atom. The largest absolute Gasteiger partial charge is 0.380 e. The second-order valence-corrected chi connectivity index (χ2v) is 5.43. The molecule has 1 N–H and O–H groups in total. The van der Waals surface area contributed by atoms with Gasteiger partial charge in [-0.2, -0.15) is 0 Å². The third-order valence-electron chi connectivity index (χ3n) is 4.20. The van der Waals surface area contributed by atoms with Crippen LogP contribution in [0.1, 0.15) is 39.5 Å². The number of methoxy groups -OCH3 is 1. The minimum absolute atomic E-state index is 0.00963. The van der Waals surface area contributed by atoms with Crippen LogP contribution in [0.3, 0.4) is 0 Å². The lowest BCUT2D eigenvalue weighted by Crippen LogP contribution is -2.70. The number of nitrogens with one attached hydrogen (secondary N) is 1. The normalized spacial score (nSPS) is 28.6. The van der Waals surface area contributed by atoms with Gasteiger partial charge in [-0.3, -0.25) is 9.59 Å². The lowest BCUT2D eigenvalue weighted by atomic mass is 9.89. The van der Waals surface area contributed by atoms with E-state index in [2.05, 4.69) is 5.32 Å². The number of hydrogen-bond donors (Lipinski definition) is 1. The molecule has 0 aromatic heterocycles. The molecule has 102 valence electrons. The molecule has 1 spiro atoms. The van der Waals surface area contributed by atoms with Crippen LogP contribution in [0.25, 0.3) is 0 Å². The standard InChI is InChI=1S/C13H22N2O3/c1-9(18-3)8-15-11(16)10(2)14-12(17)13(15)6-4-5-7-13/h9-10H,4-8H2,1-3H3,(H,14,17). The van der Waals surface area contributed by atoms with E-state index in [9.17, 15) is 9.59 Å². The van der Waals surface area contributed by atoms with Crippen LogP contribution in [0, 0.1) is 0 Å². The summed E-state index contributed by atoms with van der Waals surface area (Å²) in [6, 6.07) is -0.423. The van der Waals surface area contributed by atoms with Gasteiger partial charge in [-0.1, -0.05) is 12.8 Å². The number of carbonyl (C=O) groups is 2. The highest BCUT2D eigenvalue weighted by Crippen LogP contribution is 2.38. The first kappa shape index (κ1) is 13.3. The molecule has 2 amide bonds. The average Bonchev–Trinajstić information content (AvgIpc) is 2.83. The fourth-order valence-electron chi connectivity index (χ4n) is 3.01. The fourth-order valence-corrected chi connectivity index (χ4v) is 3.01. The number of nitrogens with zero attached hydrogens (tertiary/aromatic N) is 1. The Morgan fingerprint density at radius 1 is 1.44 bits per heavy atom. The van der Waals surface area contributed by atoms with E-state index in [1.807, 2.05) is 6.92 Å². The van der Waals surface area contributed by atoms with Crippen molar-refractivity contribution in [2.75, 3.05) is 13.7 Å². The quantitative estimate of drug-likeness (QED) is 0.806. The highest BCUT2D eigenvalue weighted by atomic mass is 16.5. The summed E-state index contributed by atoms with van der Waals surface area (Å²) >= 11 is 0. The third-order valence-corrected chi connectivity index (χ3v) is 4.20. The van der Waals surface area contributed by atoms with E-state index in [1.54, 1.807) is 18.9 Å². The van der Waals surface area contributed by atoms with Crippen LogP contribution in [0.4, 0.5) is 0 Å². The highest BCUT2D eigenvalue weighted by molar-refractivity contribution is 5.99. The molecule has 5 heteroatoms. The Hall–Kier alpha value is -1.10. The zero-order valence-corrected chi connectivity index (χ0v) is 11.4. The van der Waals surface area contributed by atoms with Crippen molar-refractivity contribution < 1.29 is 14.3 Å². The molecule has 2 unspecified atom stereocenters. The molecule has 2 rings (SSSR count). The van der Waals surface area contributed by atoms with Gasteiger partial charge in [-0.25, -0.2) is 0 Å². The summed E-state index contributed by atoms with van der Waals surface area (Å²) < 4.78 is 5.25. The Morgan fingerprint density at radius 2 is 2.06 bits per heavy atom. The second kappa shape index (κ2) is 4.88. The van der Waals surface area contributed by atoms with Crippen molar-refractivity contribution in [3.05, 3.63) is 0 Å². The van der Waals surface area contributed by atoms with Crippen molar-refractivity contribution in [2.45, 2.75) is 57.2 Å². The van der Waals surface area contributed by atoms with Crippen molar-refractivity contribution in [1.82, 2.24) is 10.2 Å². The minimum atomic E-state index is -0.615. The van der Waals surface area contributed by atoms with Crippen molar-refractivity contribution in [1.29, 1.82) is 0 Å². The van der Waals surface area contributed by atoms with Crippen molar-refractivity contribution in [3.8, 4) is 0 Å². The van der Waals surface area contributed by atoms with Crippen LogP contribution in [0.2, 0.25) is 0 Å². The first-order valence-corrected chi connectivity index (χ1v) is 6.66. The first-order chi connectivity index (χ1) is 8.51. The van der Waals surface area contributed by atoms with E-state index in [0.29, 0.717) is 6.54 Å².